The lowest BCUT2D eigenvalue weighted by Gasteiger charge is -2.08. The molecule has 1 unspecified atom stereocenters. The van der Waals surface area contributed by atoms with Gasteiger partial charge in [-0.3, -0.25) is 4.68 Å². The van der Waals surface area contributed by atoms with Gasteiger partial charge in [0, 0.05) is 24.5 Å². The van der Waals surface area contributed by atoms with Crippen LogP contribution in [0.2, 0.25) is 0 Å². The molecule has 0 bridgehead atoms. The van der Waals surface area contributed by atoms with Crippen molar-refractivity contribution in [1.29, 1.82) is 0 Å². The van der Waals surface area contributed by atoms with Crippen molar-refractivity contribution in [3.05, 3.63) is 30.0 Å². The highest BCUT2D eigenvalue weighted by atomic mass is 16.5. The molecule has 1 aromatic heterocycles. The summed E-state index contributed by atoms with van der Waals surface area (Å²) < 4.78 is 7.13. The van der Waals surface area contributed by atoms with E-state index in [4.69, 9.17) is 9.84 Å². The molecule has 1 atom stereocenters. The van der Waals surface area contributed by atoms with Crippen molar-refractivity contribution in [2.75, 3.05) is 13.2 Å². The Balaban J connectivity index is 2.02. The summed E-state index contributed by atoms with van der Waals surface area (Å²) >= 11 is 0. The summed E-state index contributed by atoms with van der Waals surface area (Å²) in [6.45, 7) is 2.24. The van der Waals surface area contributed by atoms with E-state index in [-0.39, 0.29) is 5.69 Å². The molecule has 0 saturated carbocycles. The van der Waals surface area contributed by atoms with E-state index in [0.717, 1.165) is 25.2 Å². The predicted octanol–water partition coefficient (Wildman–Crippen LogP) is 1.77. The van der Waals surface area contributed by atoms with Crippen LogP contribution < -0.4 is 0 Å². The average Bonchev–Trinajstić information content (AvgIpc) is 2.98. The second kappa shape index (κ2) is 4.42. The monoisotopic (exact) mass is 246 g/mol. The van der Waals surface area contributed by atoms with E-state index in [9.17, 15) is 4.79 Å². The van der Waals surface area contributed by atoms with Crippen LogP contribution in [-0.2, 0) is 11.3 Å². The van der Waals surface area contributed by atoms with Gasteiger partial charge in [0.15, 0.2) is 5.69 Å². The Hall–Kier alpha value is -1.88. The predicted molar refractivity (Wildman–Crippen MR) is 65.6 cm³/mol. The van der Waals surface area contributed by atoms with E-state index in [1.807, 2.05) is 18.2 Å². The van der Waals surface area contributed by atoms with Gasteiger partial charge in [-0.1, -0.05) is 18.2 Å². The molecule has 0 aliphatic carbocycles. The third-order valence-electron chi connectivity index (χ3n) is 3.32. The van der Waals surface area contributed by atoms with Crippen LogP contribution in [0.25, 0.3) is 10.9 Å². The summed E-state index contributed by atoms with van der Waals surface area (Å²) in [7, 11) is 0. The highest BCUT2D eigenvalue weighted by Gasteiger charge is 2.20. The molecule has 5 heteroatoms. The molecule has 1 aromatic carbocycles. The maximum atomic E-state index is 11.2. The molecule has 94 valence electrons. The van der Waals surface area contributed by atoms with E-state index in [1.54, 1.807) is 10.7 Å². The van der Waals surface area contributed by atoms with Crippen LogP contribution >= 0.6 is 0 Å². The molecule has 2 aromatic rings. The summed E-state index contributed by atoms with van der Waals surface area (Å²) in [5.41, 5.74) is 1.01. The molecule has 1 aliphatic rings. The molecule has 0 amide bonds. The molecule has 2 heterocycles. The summed E-state index contributed by atoms with van der Waals surface area (Å²) in [6.07, 6.45) is 1.01. The van der Waals surface area contributed by atoms with Crippen LogP contribution in [0.1, 0.15) is 16.9 Å². The number of rotatable bonds is 3. The number of aromatic nitrogens is 2. The first kappa shape index (κ1) is 11.2. The van der Waals surface area contributed by atoms with E-state index < -0.39 is 5.97 Å². The summed E-state index contributed by atoms with van der Waals surface area (Å²) in [4.78, 5) is 11.2. The fourth-order valence-electron chi connectivity index (χ4n) is 2.40. The second-order valence-electron chi connectivity index (χ2n) is 4.58. The molecule has 1 N–H and O–H groups in total. The summed E-state index contributed by atoms with van der Waals surface area (Å²) in [6, 6.07) is 7.44. The maximum absolute atomic E-state index is 11.2. The normalized spacial score (nSPS) is 19.4. The van der Waals surface area contributed by atoms with Crippen LogP contribution in [0.3, 0.4) is 0 Å². The third-order valence-corrected chi connectivity index (χ3v) is 3.32. The van der Waals surface area contributed by atoms with Crippen LogP contribution in [0.4, 0.5) is 0 Å². The van der Waals surface area contributed by atoms with Gasteiger partial charge < -0.3 is 9.84 Å². The Morgan fingerprint density at radius 3 is 3.06 bits per heavy atom. The van der Waals surface area contributed by atoms with Gasteiger partial charge in [0.05, 0.1) is 12.1 Å². The number of hydrogen-bond donors (Lipinski definition) is 1. The molecule has 0 spiro atoms. The number of carbonyl (C=O) groups is 1. The zero-order valence-corrected chi connectivity index (χ0v) is 9.87. The minimum absolute atomic E-state index is 0.129. The van der Waals surface area contributed by atoms with Crippen LogP contribution in [-0.4, -0.2) is 34.1 Å². The number of para-hydroxylation sites is 1. The third kappa shape index (κ3) is 1.86. The number of nitrogens with zero attached hydrogens (tertiary/aromatic N) is 2. The van der Waals surface area contributed by atoms with Crippen molar-refractivity contribution in [3.8, 4) is 0 Å². The zero-order valence-electron chi connectivity index (χ0n) is 9.87. The molecule has 1 fully saturated rings. The largest absolute Gasteiger partial charge is 0.476 e. The molecule has 0 radical (unpaired) electrons. The Morgan fingerprint density at radius 2 is 2.33 bits per heavy atom. The maximum Gasteiger partial charge on any atom is 0.357 e. The lowest BCUT2D eigenvalue weighted by molar-refractivity contribution is 0.0691. The topological polar surface area (TPSA) is 64.3 Å². The van der Waals surface area contributed by atoms with Crippen molar-refractivity contribution in [2.45, 2.75) is 13.0 Å². The molecule has 18 heavy (non-hydrogen) atoms. The van der Waals surface area contributed by atoms with Crippen LogP contribution in [0.5, 0.6) is 0 Å². The van der Waals surface area contributed by atoms with Gasteiger partial charge in [0.2, 0.25) is 0 Å². The van der Waals surface area contributed by atoms with Crippen molar-refractivity contribution >= 4 is 16.9 Å². The highest BCUT2D eigenvalue weighted by molar-refractivity contribution is 6.01. The Kier molecular flexibility index (Phi) is 2.76. The Bertz CT molecular complexity index is 585. The standard InChI is InChI=1S/C13H14N2O3/c16-13(17)12-10-3-1-2-4-11(10)15(14-12)7-9-5-6-18-8-9/h1-4,9H,5-8H2,(H,16,17). The highest BCUT2D eigenvalue weighted by Crippen LogP contribution is 2.21. The van der Waals surface area contributed by atoms with E-state index in [0.29, 0.717) is 17.8 Å². The lowest BCUT2D eigenvalue weighted by Crippen LogP contribution is -2.12. The minimum Gasteiger partial charge on any atom is -0.476 e. The minimum atomic E-state index is -0.979. The number of carboxylic acid groups (broad SMARTS) is 1. The molecule has 3 rings (SSSR count). The van der Waals surface area contributed by atoms with Gasteiger partial charge in [-0.2, -0.15) is 5.10 Å². The van der Waals surface area contributed by atoms with E-state index in [2.05, 4.69) is 5.10 Å². The fourth-order valence-corrected chi connectivity index (χ4v) is 2.40. The first-order valence-electron chi connectivity index (χ1n) is 6.02. The first-order chi connectivity index (χ1) is 8.75. The van der Waals surface area contributed by atoms with Crippen molar-refractivity contribution < 1.29 is 14.6 Å². The lowest BCUT2D eigenvalue weighted by atomic mass is 10.1. The SMILES string of the molecule is O=C(O)c1nn(CC2CCOC2)c2ccccc12. The van der Waals surface area contributed by atoms with Gasteiger partial charge in [-0.15, -0.1) is 0 Å². The summed E-state index contributed by atoms with van der Waals surface area (Å²) in [5, 5.41) is 14.1. The molecule has 5 nitrogen and oxygen atoms in total. The second-order valence-corrected chi connectivity index (χ2v) is 4.58. The number of fused-ring (bicyclic) bond motifs is 1. The number of hydrogen-bond acceptors (Lipinski definition) is 3. The van der Waals surface area contributed by atoms with Crippen LogP contribution in [0.15, 0.2) is 24.3 Å². The molecular formula is C13H14N2O3. The van der Waals surface area contributed by atoms with E-state index in [1.165, 1.54) is 0 Å². The van der Waals surface area contributed by atoms with Gasteiger partial charge in [0.1, 0.15) is 0 Å². The van der Waals surface area contributed by atoms with Gasteiger partial charge in [-0.25, -0.2) is 4.79 Å². The summed E-state index contributed by atoms with van der Waals surface area (Å²) in [5.74, 6) is -0.553. The average molecular weight is 246 g/mol. The molecule has 1 aliphatic heterocycles. The molecular weight excluding hydrogens is 232 g/mol. The number of ether oxygens (including phenoxy) is 1. The van der Waals surface area contributed by atoms with Crippen molar-refractivity contribution in [1.82, 2.24) is 9.78 Å². The quantitative estimate of drug-likeness (QED) is 0.896. The number of aromatic carboxylic acids is 1. The van der Waals surface area contributed by atoms with E-state index >= 15 is 0 Å². The van der Waals surface area contributed by atoms with Gasteiger partial charge in [-0.05, 0) is 12.5 Å². The Labute approximate surface area is 104 Å². The van der Waals surface area contributed by atoms with Gasteiger partial charge in [0.25, 0.3) is 0 Å². The number of carboxylic acids is 1. The van der Waals surface area contributed by atoms with Gasteiger partial charge >= 0.3 is 5.97 Å². The smallest absolute Gasteiger partial charge is 0.357 e. The van der Waals surface area contributed by atoms with Crippen molar-refractivity contribution in [2.24, 2.45) is 5.92 Å². The molecule has 1 saturated heterocycles. The fraction of sp³-hybridized carbons (Fsp3) is 0.385. The Morgan fingerprint density at radius 1 is 1.50 bits per heavy atom. The first-order valence-corrected chi connectivity index (χ1v) is 6.02. The van der Waals surface area contributed by atoms with Crippen LogP contribution in [0, 0.1) is 5.92 Å². The number of benzene rings is 1. The van der Waals surface area contributed by atoms with Crippen molar-refractivity contribution in [3.63, 3.8) is 0 Å². The zero-order chi connectivity index (χ0) is 12.5.